The summed E-state index contributed by atoms with van der Waals surface area (Å²) in [5.74, 6) is -1.01. The van der Waals surface area contributed by atoms with Gasteiger partial charge in [0.25, 0.3) is 0 Å². The van der Waals surface area contributed by atoms with E-state index in [0.717, 1.165) is 24.4 Å². The fourth-order valence-electron chi connectivity index (χ4n) is 1.69. The number of anilines is 1. The first-order valence-electron chi connectivity index (χ1n) is 6.27. The summed E-state index contributed by atoms with van der Waals surface area (Å²) in [4.78, 5) is 11.8. The lowest BCUT2D eigenvalue weighted by molar-refractivity contribution is -0.113. The number of thioether (sulfide) groups is 1. The molecule has 0 fully saturated rings. The molecule has 1 heterocycles. The normalized spacial score (nSPS) is 10.7. The lowest BCUT2D eigenvalue weighted by Gasteiger charge is -2.06. The zero-order valence-electron chi connectivity index (χ0n) is 11.6. The fourth-order valence-corrected chi connectivity index (χ4v) is 2.42. The lowest BCUT2D eigenvalue weighted by atomic mass is 10.3. The van der Waals surface area contributed by atoms with Gasteiger partial charge < -0.3 is 9.88 Å². The van der Waals surface area contributed by atoms with Crippen molar-refractivity contribution in [1.29, 1.82) is 0 Å². The van der Waals surface area contributed by atoms with Crippen molar-refractivity contribution in [2.24, 2.45) is 7.05 Å². The van der Waals surface area contributed by atoms with E-state index in [1.807, 2.05) is 14.0 Å². The highest BCUT2D eigenvalue weighted by atomic mass is 32.2. The summed E-state index contributed by atoms with van der Waals surface area (Å²) >= 11 is 1.20. The standard InChI is InChI=1S/C13H14F2N4OS/c1-3-11-17-18-13(19(11)2)21-7-12(20)16-10-5-4-8(14)6-9(10)15/h4-6H,3,7H2,1-2H3,(H,16,20). The molecule has 0 unspecified atom stereocenters. The molecule has 8 heteroatoms. The number of halogens is 2. The van der Waals surface area contributed by atoms with Crippen molar-refractivity contribution in [1.82, 2.24) is 14.8 Å². The van der Waals surface area contributed by atoms with Crippen molar-refractivity contribution >= 4 is 23.4 Å². The third-order valence-electron chi connectivity index (χ3n) is 2.78. The molecule has 0 aliphatic heterocycles. The van der Waals surface area contributed by atoms with E-state index < -0.39 is 17.5 Å². The maximum atomic E-state index is 13.4. The summed E-state index contributed by atoms with van der Waals surface area (Å²) in [6, 6.07) is 2.99. The first-order chi connectivity index (χ1) is 10.0. The molecular formula is C13H14F2N4OS. The van der Waals surface area contributed by atoms with Gasteiger partial charge in [0.15, 0.2) is 5.16 Å². The van der Waals surface area contributed by atoms with E-state index in [9.17, 15) is 13.6 Å². The molecule has 0 spiro atoms. The maximum Gasteiger partial charge on any atom is 0.234 e. The van der Waals surface area contributed by atoms with E-state index in [-0.39, 0.29) is 11.4 Å². The van der Waals surface area contributed by atoms with Crippen LogP contribution >= 0.6 is 11.8 Å². The second-order valence-corrected chi connectivity index (χ2v) is 5.21. The Balaban J connectivity index is 1.94. The average molecular weight is 312 g/mol. The maximum absolute atomic E-state index is 13.4. The van der Waals surface area contributed by atoms with Gasteiger partial charge in [-0.3, -0.25) is 4.79 Å². The zero-order valence-corrected chi connectivity index (χ0v) is 12.4. The summed E-state index contributed by atoms with van der Waals surface area (Å²) in [6.07, 6.45) is 0.747. The number of benzene rings is 1. The van der Waals surface area contributed by atoms with Gasteiger partial charge in [-0.05, 0) is 12.1 Å². The summed E-state index contributed by atoms with van der Waals surface area (Å²) < 4.78 is 28.0. The topological polar surface area (TPSA) is 59.8 Å². The summed E-state index contributed by atoms with van der Waals surface area (Å²) in [5, 5.41) is 10.9. The summed E-state index contributed by atoms with van der Waals surface area (Å²) in [6.45, 7) is 1.96. The van der Waals surface area contributed by atoms with E-state index in [1.165, 1.54) is 17.8 Å². The molecule has 0 saturated heterocycles. The Morgan fingerprint density at radius 3 is 2.76 bits per heavy atom. The number of carbonyl (C=O) groups is 1. The predicted octanol–water partition coefficient (Wildman–Crippen LogP) is 2.39. The molecule has 1 N–H and O–H groups in total. The van der Waals surface area contributed by atoms with Crippen molar-refractivity contribution in [3.8, 4) is 0 Å². The molecule has 2 aromatic rings. The first-order valence-corrected chi connectivity index (χ1v) is 7.25. The van der Waals surface area contributed by atoms with Crippen molar-refractivity contribution in [3.05, 3.63) is 35.7 Å². The highest BCUT2D eigenvalue weighted by molar-refractivity contribution is 7.99. The Kier molecular flexibility index (Phi) is 4.89. The average Bonchev–Trinajstić information content (AvgIpc) is 2.80. The SMILES string of the molecule is CCc1nnc(SCC(=O)Nc2ccc(F)cc2F)n1C. The predicted molar refractivity (Wildman–Crippen MR) is 76.1 cm³/mol. The summed E-state index contributed by atoms with van der Waals surface area (Å²) in [7, 11) is 1.82. The molecule has 0 saturated carbocycles. The first kappa shape index (κ1) is 15.4. The molecular weight excluding hydrogens is 298 g/mol. The number of nitrogens with one attached hydrogen (secondary N) is 1. The Bertz CT molecular complexity index is 660. The van der Waals surface area contributed by atoms with Crippen LogP contribution in [-0.4, -0.2) is 26.4 Å². The number of aromatic nitrogens is 3. The minimum absolute atomic E-state index is 0.0470. The largest absolute Gasteiger partial charge is 0.323 e. The molecule has 0 aliphatic carbocycles. The van der Waals surface area contributed by atoms with Crippen molar-refractivity contribution in [3.63, 3.8) is 0 Å². The minimum Gasteiger partial charge on any atom is -0.323 e. The lowest BCUT2D eigenvalue weighted by Crippen LogP contribution is -2.15. The second kappa shape index (κ2) is 6.66. The Labute approximate surface area is 124 Å². The van der Waals surface area contributed by atoms with E-state index in [1.54, 1.807) is 4.57 Å². The van der Waals surface area contributed by atoms with Crippen molar-refractivity contribution < 1.29 is 13.6 Å². The van der Waals surface area contributed by atoms with Crippen LogP contribution in [0.5, 0.6) is 0 Å². The molecule has 0 aliphatic rings. The zero-order chi connectivity index (χ0) is 15.4. The van der Waals surface area contributed by atoms with E-state index in [4.69, 9.17) is 0 Å². The van der Waals surface area contributed by atoms with Crippen molar-refractivity contribution in [2.45, 2.75) is 18.5 Å². The van der Waals surface area contributed by atoms with Crippen LogP contribution in [-0.2, 0) is 18.3 Å². The van der Waals surface area contributed by atoms with E-state index in [2.05, 4.69) is 15.5 Å². The molecule has 1 amide bonds. The van der Waals surface area contributed by atoms with Gasteiger partial charge in [-0.2, -0.15) is 0 Å². The van der Waals surface area contributed by atoms with Crippen LogP contribution in [0.2, 0.25) is 0 Å². The van der Waals surface area contributed by atoms with Gasteiger partial charge in [-0.25, -0.2) is 8.78 Å². The molecule has 0 atom stereocenters. The Morgan fingerprint density at radius 2 is 2.14 bits per heavy atom. The van der Waals surface area contributed by atoms with Crippen LogP contribution in [0.4, 0.5) is 14.5 Å². The van der Waals surface area contributed by atoms with Gasteiger partial charge >= 0.3 is 0 Å². The number of nitrogens with zero attached hydrogens (tertiary/aromatic N) is 3. The van der Waals surface area contributed by atoms with Crippen molar-refractivity contribution in [2.75, 3.05) is 11.1 Å². The molecule has 21 heavy (non-hydrogen) atoms. The quantitative estimate of drug-likeness (QED) is 0.861. The highest BCUT2D eigenvalue weighted by Gasteiger charge is 2.12. The van der Waals surface area contributed by atoms with Crippen LogP contribution in [0.15, 0.2) is 23.4 Å². The number of rotatable bonds is 5. The van der Waals surface area contributed by atoms with Gasteiger partial charge in [-0.1, -0.05) is 18.7 Å². The molecule has 5 nitrogen and oxygen atoms in total. The van der Waals surface area contributed by atoms with Gasteiger partial charge in [0.2, 0.25) is 5.91 Å². The molecule has 2 rings (SSSR count). The second-order valence-electron chi connectivity index (χ2n) is 4.27. The van der Waals surface area contributed by atoms with Crippen LogP contribution in [0.3, 0.4) is 0 Å². The van der Waals surface area contributed by atoms with Gasteiger partial charge in [0, 0.05) is 19.5 Å². The molecule has 1 aromatic heterocycles. The number of aryl methyl sites for hydroxylation is 1. The minimum atomic E-state index is -0.805. The molecule has 0 bridgehead atoms. The number of amides is 1. The Morgan fingerprint density at radius 1 is 1.38 bits per heavy atom. The highest BCUT2D eigenvalue weighted by Crippen LogP contribution is 2.18. The van der Waals surface area contributed by atoms with Crippen LogP contribution in [0.25, 0.3) is 0 Å². The van der Waals surface area contributed by atoms with Crippen LogP contribution in [0, 0.1) is 11.6 Å². The number of hydrogen-bond donors (Lipinski definition) is 1. The third kappa shape index (κ3) is 3.78. The fraction of sp³-hybridized carbons (Fsp3) is 0.308. The van der Waals surface area contributed by atoms with Gasteiger partial charge in [0.1, 0.15) is 17.5 Å². The van der Waals surface area contributed by atoms with Crippen LogP contribution in [0.1, 0.15) is 12.7 Å². The summed E-state index contributed by atoms with van der Waals surface area (Å²) in [5.41, 5.74) is -0.0470. The van der Waals surface area contributed by atoms with E-state index >= 15 is 0 Å². The smallest absolute Gasteiger partial charge is 0.234 e. The molecule has 112 valence electrons. The van der Waals surface area contributed by atoms with E-state index in [0.29, 0.717) is 5.16 Å². The van der Waals surface area contributed by atoms with Gasteiger partial charge in [-0.15, -0.1) is 10.2 Å². The third-order valence-corrected chi connectivity index (χ3v) is 3.80. The molecule has 0 radical (unpaired) electrons. The number of hydrogen-bond acceptors (Lipinski definition) is 4. The van der Waals surface area contributed by atoms with Crippen LogP contribution < -0.4 is 5.32 Å². The number of carbonyl (C=O) groups excluding carboxylic acids is 1. The molecule has 1 aromatic carbocycles. The monoisotopic (exact) mass is 312 g/mol. The van der Waals surface area contributed by atoms with Gasteiger partial charge in [0.05, 0.1) is 11.4 Å². The Hall–Kier alpha value is -1.96.